The summed E-state index contributed by atoms with van der Waals surface area (Å²) in [7, 11) is 3.68. The van der Waals surface area contributed by atoms with Crippen molar-refractivity contribution in [2.24, 2.45) is 5.92 Å². The lowest BCUT2D eigenvalue weighted by atomic mass is 10.1. The van der Waals surface area contributed by atoms with Gasteiger partial charge in [-0.3, -0.25) is 0 Å². The molecule has 1 aromatic carbocycles. The van der Waals surface area contributed by atoms with Gasteiger partial charge in [-0.1, -0.05) is 13.8 Å². The number of ether oxygens (including phenoxy) is 1. The van der Waals surface area contributed by atoms with Gasteiger partial charge in [0, 0.05) is 30.7 Å². The van der Waals surface area contributed by atoms with Crippen molar-refractivity contribution in [2.75, 3.05) is 27.2 Å². The van der Waals surface area contributed by atoms with Crippen LogP contribution in [0.2, 0.25) is 0 Å². The number of nitrogens with zero attached hydrogens (tertiary/aromatic N) is 1. The van der Waals surface area contributed by atoms with Crippen molar-refractivity contribution < 1.29 is 9.13 Å². The number of aromatic amines is 1. The van der Waals surface area contributed by atoms with Crippen LogP contribution in [0.4, 0.5) is 4.39 Å². The zero-order valence-electron chi connectivity index (χ0n) is 12.7. The minimum absolute atomic E-state index is 0.263. The predicted octanol–water partition coefficient (Wildman–Crippen LogP) is 3.45. The third kappa shape index (κ3) is 3.31. The molecule has 3 nitrogen and oxygen atoms in total. The van der Waals surface area contributed by atoms with Gasteiger partial charge in [-0.05, 0) is 31.0 Å². The van der Waals surface area contributed by atoms with E-state index in [1.165, 1.54) is 6.07 Å². The van der Waals surface area contributed by atoms with Crippen LogP contribution in [0.25, 0.3) is 10.9 Å². The minimum atomic E-state index is -0.263. The average Bonchev–Trinajstić information content (AvgIpc) is 2.79. The molecule has 0 aliphatic carbocycles. The van der Waals surface area contributed by atoms with E-state index in [-0.39, 0.29) is 5.82 Å². The fraction of sp³-hybridized carbons (Fsp3) is 0.500. The molecule has 0 saturated carbocycles. The zero-order valence-corrected chi connectivity index (χ0v) is 12.7. The molecule has 1 aromatic heterocycles. The van der Waals surface area contributed by atoms with Crippen LogP contribution in [-0.4, -0.2) is 37.1 Å². The monoisotopic (exact) mass is 278 g/mol. The highest BCUT2D eigenvalue weighted by Gasteiger charge is 2.11. The SMILES string of the molecule is COc1cc(F)c2[nH]cc(CCN(C)CC(C)C)c2c1. The van der Waals surface area contributed by atoms with Gasteiger partial charge in [0.05, 0.1) is 12.6 Å². The summed E-state index contributed by atoms with van der Waals surface area (Å²) >= 11 is 0. The molecule has 1 heterocycles. The Morgan fingerprint density at radius 1 is 1.35 bits per heavy atom. The van der Waals surface area contributed by atoms with Crippen LogP contribution in [0, 0.1) is 11.7 Å². The van der Waals surface area contributed by atoms with Crippen LogP contribution in [0.15, 0.2) is 18.3 Å². The standard InChI is InChI=1S/C16H23FN2O/c1-11(2)10-19(3)6-5-12-9-18-16-14(12)7-13(20-4)8-15(16)17/h7-9,11,18H,5-6,10H2,1-4H3. The van der Waals surface area contributed by atoms with Crippen molar-refractivity contribution in [2.45, 2.75) is 20.3 Å². The summed E-state index contributed by atoms with van der Waals surface area (Å²) in [6, 6.07) is 3.31. The van der Waals surface area contributed by atoms with Crippen LogP contribution in [0.5, 0.6) is 5.75 Å². The van der Waals surface area contributed by atoms with E-state index in [4.69, 9.17) is 4.74 Å². The minimum Gasteiger partial charge on any atom is -0.497 e. The Hall–Kier alpha value is -1.55. The Bertz CT molecular complexity index is 577. The van der Waals surface area contributed by atoms with Gasteiger partial charge in [0.1, 0.15) is 5.75 Å². The van der Waals surface area contributed by atoms with Crippen molar-refractivity contribution in [3.8, 4) is 5.75 Å². The summed E-state index contributed by atoms with van der Waals surface area (Å²) < 4.78 is 19.0. The maximum Gasteiger partial charge on any atom is 0.150 e. The summed E-state index contributed by atoms with van der Waals surface area (Å²) in [5.74, 6) is 0.952. The lowest BCUT2D eigenvalue weighted by Gasteiger charge is -2.18. The van der Waals surface area contributed by atoms with Crippen LogP contribution in [0.3, 0.4) is 0 Å². The molecule has 0 atom stereocenters. The molecular formula is C16H23FN2O. The third-order valence-electron chi connectivity index (χ3n) is 3.48. The second kappa shape index (κ2) is 6.27. The van der Waals surface area contributed by atoms with E-state index in [0.717, 1.165) is 30.5 Å². The Balaban J connectivity index is 2.16. The molecule has 20 heavy (non-hydrogen) atoms. The second-order valence-electron chi connectivity index (χ2n) is 5.75. The number of H-pyrrole nitrogens is 1. The number of benzene rings is 1. The number of rotatable bonds is 6. The number of halogens is 1. The smallest absolute Gasteiger partial charge is 0.150 e. The molecule has 0 bridgehead atoms. The largest absolute Gasteiger partial charge is 0.497 e. The van der Waals surface area contributed by atoms with Crippen LogP contribution in [-0.2, 0) is 6.42 Å². The number of hydrogen-bond acceptors (Lipinski definition) is 2. The summed E-state index contributed by atoms with van der Waals surface area (Å²) in [6.07, 6.45) is 2.80. The quantitative estimate of drug-likeness (QED) is 0.876. The number of aromatic nitrogens is 1. The first-order valence-electron chi connectivity index (χ1n) is 7.03. The summed E-state index contributed by atoms with van der Waals surface area (Å²) in [5.41, 5.74) is 1.70. The Kier molecular flexibility index (Phi) is 4.65. The Morgan fingerprint density at radius 2 is 2.10 bits per heavy atom. The second-order valence-corrected chi connectivity index (χ2v) is 5.75. The maximum absolute atomic E-state index is 13.9. The molecule has 0 fully saturated rings. The lowest BCUT2D eigenvalue weighted by Crippen LogP contribution is -2.25. The van der Waals surface area contributed by atoms with E-state index in [9.17, 15) is 4.39 Å². The fourth-order valence-corrected chi connectivity index (χ4v) is 2.57. The highest BCUT2D eigenvalue weighted by molar-refractivity contribution is 5.85. The number of fused-ring (bicyclic) bond motifs is 1. The van der Waals surface area contributed by atoms with Crippen molar-refractivity contribution >= 4 is 10.9 Å². The zero-order chi connectivity index (χ0) is 14.7. The molecule has 2 rings (SSSR count). The van der Waals surface area contributed by atoms with Crippen LogP contribution >= 0.6 is 0 Å². The molecule has 2 aromatic rings. The van der Waals surface area contributed by atoms with Crippen molar-refractivity contribution in [1.29, 1.82) is 0 Å². The molecule has 0 unspecified atom stereocenters. The molecule has 0 amide bonds. The molecule has 0 aliphatic rings. The van der Waals surface area contributed by atoms with Gasteiger partial charge >= 0.3 is 0 Å². The van der Waals surface area contributed by atoms with E-state index in [2.05, 4.69) is 30.8 Å². The lowest BCUT2D eigenvalue weighted by molar-refractivity contribution is 0.299. The number of hydrogen-bond donors (Lipinski definition) is 1. The molecule has 1 N–H and O–H groups in total. The molecule has 0 spiro atoms. The van der Waals surface area contributed by atoms with E-state index < -0.39 is 0 Å². The van der Waals surface area contributed by atoms with Gasteiger partial charge in [-0.25, -0.2) is 4.39 Å². The topological polar surface area (TPSA) is 28.3 Å². The first-order valence-corrected chi connectivity index (χ1v) is 7.03. The number of methoxy groups -OCH3 is 1. The van der Waals surface area contributed by atoms with Crippen LogP contribution in [0.1, 0.15) is 19.4 Å². The highest BCUT2D eigenvalue weighted by atomic mass is 19.1. The summed E-state index contributed by atoms with van der Waals surface area (Å²) in [5, 5.41) is 0.916. The van der Waals surface area contributed by atoms with E-state index in [1.807, 2.05) is 12.3 Å². The van der Waals surface area contributed by atoms with Gasteiger partial charge < -0.3 is 14.6 Å². The van der Waals surface area contributed by atoms with Gasteiger partial charge in [-0.2, -0.15) is 0 Å². The van der Waals surface area contributed by atoms with Gasteiger partial charge in [-0.15, -0.1) is 0 Å². The first-order chi connectivity index (χ1) is 9.51. The normalized spacial score (nSPS) is 11.8. The van der Waals surface area contributed by atoms with Crippen molar-refractivity contribution in [1.82, 2.24) is 9.88 Å². The van der Waals surface area contributed by atoms with E-state index in [0.29, 0.717) is 17.2 Å². The van der Waals surface area contributed by atoms with Gasteiger partial charge in [0.2, 0.25) is 0 Å². The average molecular weight is 278 g/mol. The van der Waals surface area contributed by atoms with E-state index in [1.54, 1.807) is 7.11 Å². The molecule has 0 radical (unpaired) electrons. The Morgan fingerprint density at radius 3 is 2.75 bits per heavy atom. The van der Waals surface area contributed by atoms with E-state index >= 15 is 0 Å². The number of likely N-dealkylation sites (N-methyl/N-ethyl adjacent to an activating group) is 1. The third-order valence-corrected chi connectivity index (χ3v) is 3.48. The summed E-state index contributed by atoms with van der Waals surface area (Å²) in [4.78, 5) is 5.33. The van der Waals surface area contributed by atoms with Crippen molar-refractivity contribution in [3.63, 3.8) is 0 Å². The van der Waals surface area contributed by atoms with Crippen LogP contribution < -0.4 is 4.74 Å². The highest BCUT2D eigenvalue weighted by Crippen LogP contribution is 2.26. The Labute approximate surface area is 119 Å². The molecule has 110 valence electrons. The predicted molar refractivity (Wildman–Crippen MR) is 80.8 cm³/mol. The first kappa shape index (κ1) is 14.9. The maximum atomic E-state index is 13.9. The van der Waals surface area contributed by atoms with Crippen molar-refractivity contribution in [3.05, 3.63) is 29.7 Å². The molecule has 4 heteroatoms. The summed E-state index contributed by atoms with van der Waals surface area (Å²) in [6.45, 7) is 6.45. The van der Waals surface area contributed by atoms with Gasteiger partial charge in [0.15, 0.2) is 5.82 Å². The fourth-order valence-electron chi connectivity index (χ4n) is 2.57. The molecule has 0 saturated heterocycles. The van der Waals surface area contributed by atoms with Gasteiger partial charge in [0.25, 0.3) is 0 Å². The molecular weight excluding hydrogens is 255 g/mol. The molecule has 0 aliphatic heterocycles. The number of nitrogens with one attached hydrogen (secondary N) is 1.